The zero-order valence-corrected chi connectivity index (χ0v) is 20.9. The van der Waals surface area contributed by atoms with Gasteiger partial charge in [0.05, 0.1) is 27.2 Å². The van der Waals surface area contributed by atoms with Gasteiger partial charge < -0.3 is 40.9 Å². The minimum atomic E-state index is 0. The van der Waals surface area contributed by atoms with Gasteiger partial charge in [0.2, 0.25) is 0 Å². The second-order valence-electron chi connectivity index (χ2n) is 8.33. The molecule has 0 aliphatic rings. The Morgan fingerprint density at radius 3 is 0.926 bits per heavy atom. The lowest BCUT2D eigenvalue weighted by Crippen LogP contribution is -3.00. The van der Waals surface area contributed by atoms with Gasteiger partial charge in [0, 0.05) is 0 Å². The summed E-state index contributed by atoms with van der Waals surface area (Å²) in [5, 5.41) is 0. The molecule has 0 aliphatic carbocycles. The van der Waals surface area contributed by atoms with E-state index in [4.69, 9.17) is 0 Å². The van der Waals surface area contributed by atoms with Crippen molar-refractivity contribution in [1.82, 2.24) is 6.15 Å². The topological polar surface area (TPSA) is 68.0 Å². The van der Waals surface area contributed by atoms with Crippen molar-refractivity contribution in [1.29, 1.82) is 0 Å². The van der Waals surface area contributed by atoms with Crippen LogP contribution in [0.5, 0.6) is 0 Å². The van der Waals surface area contributed by atoms with E-state index in [1.54, 1.807) is 0 Å². The highest BCUT2D eigenvalue weighted by Crippen LogP contribution is 2.13. The van der Waals surface area contributed by atoms with Crippen molar-refractivity contribution < 1.29 is 34.8 Å². The molecule has 0 aromatic heterocycles. The van der Waals surface area contributed by atoms with Gasteiger partial charge in [-0.15, -0.1) is 0 Å². The number of rotatable bonds is 18. The molecule has 0 unspecified atom stereocenters. The first-order valence-electron chi connectivity index (χ1n) is 10.9. The van der Waals surface area contributed by atoms with Crippen LogP contribution in [0.1, 0.15) is 117 Å². The van der Waals surface area contributed by atoms with Gasteiger partial charge in [-0.1, -0.05) is 90.9 Å². The van der Waals surface area contributed by atoms with Gasteiger partial charge in [-0.2, -0.15) is 0 Å². The fourth-order valence-corrected chi connectivity index (χ4v) is 3.46. The zero-order chi connectivity index (χ0) is 17.2. The van der Waals surface area contributed by atoms with Crippen molar-refractivity contribution in [2.75, 3.05) is 27.2 Å². The third kappa shape index (κ3) is 31.4. The molecule has 0 saturated heterocycles. The summed E-state index contributed by atoms with van der Waals surface area (Å²) in [5.41, 5.74) is 0. The third-order valence-electron chi connectivity index (χ3n) is 5.23. The molecule has 0 amide bonds. The normalized spacial score (nSPS) is 10.2. The zero-order valence-electron chi connectivity index (χ0n) is 19.4. The summed E-state index contributed by atoms with van der Waals surface area (Å²) in [7, 11) is 4.87. The summed E-state index contributed by atoms with van der Waals surface area (Å²) in [4.78, 5) is 0. The average Bonchev–Trinajstić information content (AvgIpc) is 2.52. The van der Waals surface area contributed by atoms with Gasteiger partial charge in [0.15, 0.2) is 0 Å². The van der Waals surface area contributed by atoms with Crippen LogP contribution in [0.2, 0.25) is 0 Å². The highest BCUT2D eigenvalue weighted by molar-refractivity contribution is 4.48. The Kier molecular flexibility index (Phi) is 40.5. The van der Waals surface area contributed by atoms with Crippen molar-refractivity contribution >= 4 is 0 Å². The van der Waals surface area contributed by atoms with Gasteiger partial charge in [0.25, 0.3) is 0 Å². The first kappa shape index (κ1) is 38.1. The van der Waals surface area contributed by atoms with Crippen LogP contribution in [0.15, 0.2) is 0 Å². The molecule has 5 heteroatoms. The van der Waals surface area contributed by atoms with Crippen LogP contribution in [0.4, 0.5) is 0 Å². The van der Waals surface area contributed by atoms with E-state index in [0.717, 1.165) is 0 Å². The molecule has 0 saturated carbocycles. The number of unbranched alkanes of at least 4 members (excludes halogenated alkanes) is 14. The van der Waals surface area contributed by atoms with Crippen molar-refractivity contribution in [3.8, 4) is 0 Å². The van der Waals surface area contributed by atoms with Crippen LogP contribution in [0.25, 0.3) is 0 Å². The minimum absolute atomic E-state index is 0. The first-order chi connectivity index (χ1) is 11.1. The summed E-state index contributed by atoms with van der Waals surface area (Å²) in [6.07, 6.45) is 23.0. The molecule has 0 radical (unpaired) electrons. The van der Waals surface area contributed by atoms with E-state index in [2.05, 4.69) is 27.9 Å². The number of hydrogen-bond acceptors (Lipinski definition) is 0. The number of nitrogens with zero attached hydrogens (tertiary/aromatic N) is 1. The molecule has 0 spiro atoms. The average molecular weight is 434 g/mol. The van der Waals surface area contributed by atoms with E-state index in [1.165, 1.54) is 120 Å². The van der Waals surface area contributed by atoms with E-state index < -0.39 is 0 Å². The molecule has 0 heterocycles. The quantitative estimate of drug-likeness (QED) is 0.247. The second-order valence-corrected chi connectivity index (χ2v) is 8.33. The van der Waals surface area contributed by atoms with Crippen LogP contribution >= 0.6 is 0 Å². The summed E-state index contributed by atoms with van der Waals surface area (Å²) < 4.78 is 1.24. The van der Waals surface area contributed by atoms with Gasteiger partial charge in [0.1, 0.15) is 0 Å². The molecule has 0 aromatic rings. The number of halogens is 2. The van der Waals surface area contributed by atoms with Gasteiger partial charge >= 0.3 is 0 Å². The minimum Gasteiger partial charge on any atom is -1.00 e. The molecular weight excluding hydrogens is 379 g/mol. The van der Waals surface area contributed by atoms with Crippen molar-refractivity contribution in [3.63, 3.8) is 0 Å². The molecule has 0 aliphatic heterocycles. The van der Waals surface area contributed by atoms with Crippen molar-refractivity contribution in [3.05, 3.63) is 0 Å². The molecule has 6 N–H and O–H groups in total. The predicted octanol–water partition coefficient (Wildman–Crippen LogP) is 0.904. The Morgan fingerprint density at radius 1 is 0.444 bits per heavy atom. The molecule has 0 bridgehead atoms. The Balaban J connectivity index is -0.000000403. The first-order valence-corrected chi connectivity index (χ1v) is 10.9. The maximum Gasteiger partial charge on any atom is 0.0782 e. The molecule has 3 nitrogen and oxygen atoms in total. The van der Waals surface area contributed by atoms with Crippen LogP contribution < -0.4 is 31.0 Å². The number of quaternary nitrogens is 2. The SMILES string of the molecule is CCCCCCCCCC[N+](C)(C)CCCCCCCCCC.O.[Cl-].[Cl-].[NH4+]. The van der Waals surface area contributed by atoms with Gasteiger partial charge in [-0.3, -0.25) is 0 Å². The van der Waals surface area contributed by atoms with Crippen LogP contribution in [0, 0.1) is 0 Å². The van der Waals surface area contributed by atoms with E-state index in [0.29, 0.717) is 0 Å². The highest BCUT2D eigenvalue weighted by atomic mass is 35.5. The molecule has 27 heavy (non-hydrogen) atoms. The van der Waals surface area contributed by atoms with Crippen molar-refractivity contribution in [2.45, 2.75) is 117 Å². The molecule has 0 rings (SSSR count). The monoisotopic (exact) mass is 432 g/mol. The van der Waals surface area contributed by atoms with E-state index in [9.17, 15) is 0 Å². The standard InChI is InChI=1S/C22H48N.2ClH.H3N.H2O/c1-5-7-9-11-13-15-17-19-21-23(3,4)22-20-18-16-14-12-10-8-6-2;;;;/h5-22H2,1-4H3;2*1H;1H3;1H2/q+1;;;;/p-1. The van der Waals surface area contributed by atoms with Gasteiger partial charge in [-0.25, -0.2) is 0 Å². The molecule has 0 aromatic carbocycles. The summed E-state index contributed by atoms with van der Waals surface area (Å²) in [6, 6.07) is 0. The summed E-state index contributed by atoms with van der Waals surface area (Å²) in [5.74, 6) is 0. The maximum absolute atomic E-state index is 2.43. The lowest BCUT2D eigenvalue weighted by atomic mass is 10.1. The highest BCUT2D eigenvalue weighted by Gasteiger charge is 2.13. The number of hydrogen-bond donors (Lipinski definition) is 1. The molecule has 0 fully saturated rings. The Morgan fingerprint density at radius 2 is 0.667 bits per heavy atom. The summed E-state index contributed by atoms with van der Waals surface area (Å²) >= 11 is 0. The van der Waals surface area contributed by atoms with E-state index in [1.807, 2.05) is 0 Å². The van der Waals surface area contributed by atoms with E-state index in [-0.39, 0.29) is 36.4 Å². The smallest absolute Gasteiger partial charge is 0.0782 e. The molecular formula is C22H54Cl2N2O. The van der Waals surface area contributed by atoms with E-state index >= 15 is 0 Å². The van der Waals surface area contributed by atoms with Crippen LogP contribution in [0.3, 0.4) is 0 Å². The third-order valence-corrected chi connectivity index (χ3v) is 5.23. The molecule has 0 atom stereocenters. The Hall–Kier alpha value is 0.460. The lowest BCUT2D eigenvalue weighted by molar-refractivity contribution is -0.890. The molecule has 172 valence electrons. The Bertz CT molecular complexity index is 220. The van der Waals surface area contributed by atoms with Crippen LogP contribution in [-0.4, -0.2) is 37.1 Å². The Labute approximate surface area is 184 Å². The van der Waals surface area contributed by atoms with Gasteiger partial charge in [-0.05, 0) is 25.7 Å². The lowest BCUT2D eigenvalue weighted by Gasteiger charge is -2.30. The largest absolute Gasteiger partial charge is 1.00 e. The fraction of sp³-hybridized carbons (Fsp3) is 1.00. The summed E-state index contributed by atoms with van der Waals surface area (Å²) in [6.45, 7) is 7.36. The van der Waals surface area contributed by atoms with Crippen molar-refractivity contribution in [2.24, 2.45) is 0 Å². The second kappa shape index (κ2) is 28.7. The fourth-order valence-electron chi connectivity index (χ4n) is 3.46. The maximum atomic E-state index is 2.43. The predicted molar refractivity (Wildman–Crippen MR) is 117 cm³/mol. The van der Waals surface area contributed by atoms with Crippen LogP contribution in [-0.2, 0) is 0 Å².